The summed E-state index contributed by atoms with van der Waals surface area (Å²) in [5.41, 5.74) is 1.17. The maximum absolute atomic E-state index is 12.7. The average molecular weight is 412 g/mol. The van der Waals surface area contributed by atoms with Crippen molar-refractivity contribution >= 4 is 22.8 Å². The fraction of sp³-hybridized carbons (Fsp3) is 0.583. The van der Waals surface area contributed by atoms with E-state index in [4.69, 9.17) is 4.42 Å². The van der Waals surface area contributed by atoms with Crippen molar-refractivity contribution in [3.05, 3.63) is 36.1 Å². The molecular weight excluding hydrogens is 378 g/mol. The third-order valence-electron chi connectivity index (χ3n) is 6.37. The summed E-state index contributed by atoms with van der Waals surface area (Å²) in [4.78, 5) is 27.4. The normalized spacial score (nSPS) is 24.2. The van der Waals surface area contributed by atoms with Crippen molar-refractivity contribution in [2.75, 3.05) is 13.1 Å². The highest BCUT2D eigenvalue weighted by Crippen LogP contribution is 2.38. The second-order valence-corrected chi connectivity index (χ2v) is 9.86. The zero-order chi connectivity index (χ0) is 21.3. The molecule has 0 spiro atoms. The Morgan fingerprint density at radius 1 is 1.13 bits per heavy atom. The molecule has 0 aliphatic carbocycles. The van der Waals surface area contributed by atoms with Crippen molar-refractivity contribution in [2.45, 2.75) is 70.5 Å². The van der Waals surface area contributed by atoms with Crippen LogP contribution in [0.1, 0.15) is 63.2 Å². The molecule has 0 radical (unpaired) electrons. The van der Waals surface area contributed by atoms with E-state index < -0.39 is 0 Å². The van der Waals surface area contributed by atoms with Gasteiger partial charge in [0.15, 0.2) is 0 Å². The van der Waals surface area contributed by atoms with E-state index in [0.717, 1.165) is 30.4 Å². The smallest absolute Gasteiger partial charge is 0.255 e. The summed E-state index contributed by atoms with van der Waals surface area (Å²) in [5, 5.41) is 7.04. The van der Waals surface area contributed by atoms with Crippen LogP contribution in [0.2, 0.25) is 0 Å². The largest absolute Gasteiger partial charge is 0.463 e. The first-order valence-electron chi connectivity index (χ1n) is 11.1. The lowest BCUT2D eigenvalue weighted by molar-refractivity contribution is -0.123. The molecular formula is C24H33N3O3. The van der Waals surface area contributed by atoms with Crippen LogP contribution in [0.4, 0.5) is 0 Å². The molecule has 1 aromatic carbocycles. The summed E-state index contributed by atoms with van der Waals surface area (Å²) in [6.07, 6.45) is 6.67. The maximum Gasteiger partial charge on any atom is 0.255 e. The quantitative estimate of drug-likeness (QED) is 0.760. The second-order valence-electron chi connectivity index (χ2n) is 9.86. The van der Waals surface area contributed by atoms with Gasteiger partial charge in [0.1, 0.15) is 11.8 Å². The van der Waals surface area contributed by atoms with Crippen LogP contribution in [-0.4, -0.2) is 47.4 Å². The molecule has 2 saturated heterocycles. The number of hydrogen-bond acceptors (Lipinski definition) is 4. The summed E-state index contributed by atoms with van der Waals surface area (Å²) in [7, 11) is 0. The molecule has 1 unspecified atom stereocenters. The number of benzene rings is 1. The zero-order valence-corrected chi connectivity index (χ0v) is 18.2. The highest BCUT2D eigenvalue weighted by atomic mass is 16.3. The number of para-hydroxylation sites is 1. The van der Waals surface area contributed by atoms with Crippen LogP contribution < -0.4 is 10.6 Å². The van der Waals surface area contributed by atoms with Gasteiger partial charge in [0.05, 0.1) is 5.56 Å². The van der Waals surface area contributed by atoms with Crippen LogP contribution in [0.25, 0.3) is 11.0 Å². The summed E-state index contributed by atoms with van der Waals surface area (Å²) >= 11 is 0. The van der Waals surface area contributed by atoms with Gasteiger partial charge in [-0.2, -0.15) is 0 Å². The van der Waals surface area contributed by atoms with E-state index in [9.17, 15) is 9.59 Å². The number of amides is 2. The molecule has 1 aromatic heterocycles. The highest BCUT2D eigenvalue weighted by Gasteiger charge is 2.40. The number of nitrogens with zero attached hydrogens (tertiary/aromatic N) is 1. The molecule has 6 nitrogen and oxygen atoms in total. The fourth-order valence-electron chi connectivity index (χ4n) is 5.12. The van der Waals surface area contributed by atoms with Gasteiger partial charge in [-0.1, -0.05) is 18.2 Å². The third kappa shape index (κ3) is 4.69. The van der Waals surface area contributed by atoms with E-state index in [2.05, 4.69) is 15.5 Å². The van der Waals surface area contributed by atoms with Crippen molar-refractivity contribution in [1.82, 2.24) is 15.5 Å². The summed E-state index contributed by atoms with van der Waals surface area (Å²) in [6, 6.07) is 8.68. The van der Waals surface area contributed by atoms with E-state index in [1.54, 1.807) is 6.26 Å². The molecule has 3 heterocycles. The molecule has 2 bridgehead atoms. The van der Waals surface area contributed by atoms with E-state index in [-0.39, 0.29) is 17.4 Å². The van der Waals surface area contributed by atoms with Gasteiger partial charge < -0.3 is 15.1 Å². The highest BCUT2D eigenvalue weighted by molar-refractivity contribution is 6.05. The molecule has 2 aliphatic rings. The van der Waals surface area contributed by atoms with Gasteiger partial charge in [-0.3, -0.25) is 14.5 Å². The molecule has 2 aromatic rings. The van der Waals surface area contributed by atoms with Crippen molar-refractivity contribution in [2.24, 2.45) is 5.92 Å². The topological polar surface area (TPSA) is 74.6 Å². The van der Waals surface area contributed by atoms with Gasteiger partial charge in [-0.05, 0) is 58.4 Å². The fourth-order valence-corrected chi connectivity index (χ4v) is 5.12. The number of hydrogen-bond donors (Lipinski definition) is 2. The Balaban J connectivity index is 1.27. The lowest BCUT2D eigenvalue weighted by Gasteiger charge is -2.39. The average Bonchev–Trinajstić information content (AvgIpc) is 3.21. The molecule has 2 amide bonds. The number of furan rings is 1. The van der Waals surface area contributed by atoms with E-state index in [0.29, 0.717) is 36.5 Å². The maximum atomic E-state index is 12.7. The number of carbonyl (C=O) groups excluding carboxylic acids is 2. The van der Waals surface area contributed by atoms with Crippen LogP contribution >= 0.6 is 0 Å². The van der Waals surface area contributed by atoms with Crippen LogP contribution in [0, 0.1) is 5.92 Å². The summed E-state index contributed by atoms with van der Waals surface area (Å²) in [6.45, 7) is 7.57. The number of fused-ring (bicyclic) bond motifs is 3. The Hall–Kier alpha value is -2.34. The van der Waals surface area contributed by atoms with Crippen molar-refractivity contribution < 1.29 is 14.0 Å². The molecule has 30 heavy (non-hydrogen) atoms. The standard InChI is InChI=1S/C24H33N3O3/c1-24(2,3)26-22(28)10-11-27-17-8-9-18(27)13-16(12-17)14-25-23(29)20-15-30-21-7-5-4-6-19(20)21/h4-7,15-18H,8-14H2,1-3H3,(H,25,29)(H,26,28)/t16?,17-,18+. The van der Waals surface area contributed by atoms with E-state index in [1.165, 1.54) is 12.8 Å². The minimum absolute atomic E-state index is 0.0615. The van der Waals surface area contributed by atoms with E-state index >= 15 is 0 Å². The van der Waals surface area contributed by atoms with Crippen molar-refractivity contribution in [3.8, 4) is 0 Å². The monoisotopic (exact) mass is 411 g/mol. The molecule has 2 fully saturated rings. The van der Waals surface area contributed by atoms with Crippen LogP contribution in [0.5, 0.6) is 0 Å². The van der Waals surface area contributed by atoms with Gasteiger partial charge in [0, 0.05) is 42.5 Å². The van der Waals surface area contributed by atoms with Gasteiger partial charge in [-0.15, -0.1) is 0 Å². The Labute approximate surface area is 178 Å². The molecule has 162 valence electrons. The predicted octanol–water partition coefficient (Wildman–Crippen LogP) is 3.71. The van der Waals surface area contributed by atoms with E-state index in [1.807, 2.05) is 45.0 Å². The van der Waals surface area contributed by atoms with Crippen LogP contribution in [-0.2, 0) is 4.79 Å². The minimum atomic E-state index is -0.179. The lowest BCUT2D eigenvalue weighted by atomic mass is 9.90. The first-order chi connectivity index (χ1) is 14.3. The first-order valence-corrected chi connectivity index (χ1v) is 11.1. The molecule has 0 saturated carbocycles. The SMILES string of the molecule is CC(C)(C)NC(=O)CCN1[C@@H]2CC[C@H]1CC(CNC(=O)c1coc3ccccc13)C2. The number of nitrogens with one attached hydrogen (secondary N) is 2. The number of rotatable bonds is 6. The van der Waals surface area contributed by atoms with Gasteiger partial charge in [-0.25, -0.2) is 0 Å². The van der Waals surface area contributed by atoms with Crippen molar-refractivity contribution in [3.63, 3.8) is 0 Å². The lowest BCUT2D eigenvalue weighted by Crippen LogP contribution is -2.47. The van der Waals surface area contributed by atoms with Crippen LogP contribution in [0.3, 0.4) is 0 Å². The van der Waals surface area contributed by atoms with Gasteiger partial charge >= 0.3 is 0 Å². The summed E-state index contributed by atoms with van der Waals surface area (Å²) < 4.78 is 5.50. The zero-order valence-electron chi connectivity index (χ0n) is 18.2. The number of piperidine rings is 1. The molecule has 4 rings (SSSR count). The molecule has 2 aliphatic heterocycles. The molecule has 3 atom stereocenters. The molecule has 2 N–H and O–H groups in total. The Bertz CT molecular complexity index is 900. The van der Waals surface area contributed by atoms with Crippen LogP contribution in [0.15, 0.2) is 34.9 Å². The third-order valence-corrected chi connectivity index (χ3v) is 6.37. The molecule has 6 heteroatoms. The van der Waals surface area contributed by atoms with Gasteiger partial charge in [0.25, 0.3) is 5.91 Å². The van der Waals surface area contributed by atoms with Crippen molar-refractivity contribution in [1.29, 1.82) is 0 Å². The summed E-state index contributed by atoms with van der Waals surface area (Å²) in [5.74, 6) is 0.557. The second kappa shape index (κ2) is 8.42. The Morgan fingerprint density at radius 3 is 2.53 bits per heavy atom. The number of carbonyl (C=O) groups is 2. The van der Waals surface area contributed by atoms with Gasteiger partial charge in [0.2, 0.25) is 5.91 Å². The Kier molecular flexibility index (Phi) is 5.87. The minimum Gasteiger partial charge on any atom is -0.463 e. The predicted molar refractivity (Wildman–Crippen MR) is 117 cm³/mol. The Morgan fingerprint density at radius 2 is 1.83 bits per heavy atom. The first kappa shape index (κ1) is 20.9.